The van der Waals surface area contributed by atoms with Crippen molar-refractivity contribution in [3.8, 4) is 0 Å². The zero-order valence-corrected chi connectivity index (χ0v) is 8.58. The molecule has 0 aliphatic rings. The topological polar surface area (TPSA) is 39.4 Å². The van der Waals surface area contributed by atoms with Crippen LogP contribution < -0.4 is 0 Å². The van der Waals surface area contributed by atoms with Crippen LogP contribution in [0.3, 0.4) is 0 Å². The van der Waals surface area contributed by atoms with Gasteiger partial charge in [0, 0.05) is 5.88 Å². The van der Waals surface area contributed by atoms with Crippen LogP contribution in [0.25, 0.3) is 6.08 Å². The lowest BCUT2D eigenvalue weighted by Gasteiger charge is -1.91. The van der Waals surface area contributed by atoms with Crippen molar-refractivity contribution in [1.82, 2.24) is 0 Å². The zero-order valence-electron chi connectivity index (χ0n) is 7.83. The largest absolute Gasteiger partial charge is 0.463 e. The highest BCUT2D eigenvalue weighted by Crippen LogP contribution is 2.10. The molecule has 0 amide bonds. The van der Waals surface area contributed by atoms with Gasteiger partial charge in [0.1, 0.15) is 5.76 Å². The summed E-state index contributed by atoms with van der Waals surface area (Å²) in [5, 5.41) is 0. The highest BCUT2D eigenvalue weighted by Gasteiger charge is 2.08. The molecule has 0 N–H and O–H groups in total. The molecule has 0 radical (unpaired) electrons. The van der Waals surface area contributed by atoms with Gasteiger partial charge < -0.3 is 9.15 Å². The van der Waals surface area contributed by atoms with Gasteiger partial charge in [0.15, 0.2) is 0 Å². The van der Waals surface area contributed by atoms with Crippen molar-refractivity contribution in [2.24, 2.45) is 0 Å². The molecule has 0 saturated carbocycles. The predicted molar refractivity (Wildman–Crippen MR) is 54.4 cm³/mol. The molecule has 0 aliphatic carbocycles. The third kappa shape index (κ3) is 2.92. The van der Waals surface area contributed by atoms with Crippen molar-refractivity contribution in [3.63, 3.8) is 0 Å². The SMILES string of the molecule is COC(=O)c1ccc(C=CCCCl)o1. The van der Waals surface area contributed by atoms with Crippen LogP contribution in [0, 0.1) is 0 Å². The third-order valence-electron chi connectivity index (χ3n) is 1.57. The van der Waals surface area contributed by atoms with Crippen LogP contribution in [0.1, 0.15) is 22.7 Å². The number of carbonyl (C=O) groups excluding carboxylic acids is 1. The minimum atomic E-state index is -0.470. The Morgan fingerprint density at radius 2 is 2.43 bits per heavy atom. The fourth-order valence-electron chi connectivity index (χ4n) is 0.915. The van der Waals surface area contributed by atoms with Crippen LogP contribution in [0.15, 0.2) is 22.6 Å². The van der Waals surface area contributed by atoms with E-state index in [1.54, 1.807) is 18.2 Å². The normalized spacial score (nSPS) is 10.7. The Morgan fingerprint density at radius 1 is 1.64 bits per heavy atom. The van der Waals surface area contributed by atoms with Gasteiger partial charge in [-0.2, -0.15) is 0 Å². The van der Waals surface area contributed by atoms with E-state index in [4.69, 9.17) is 16.0 Å². The first-order chi connectivity index (χ1) is 6.77. The summed E-state index contributed by atoms with van der Waals surface area (Å²) in [7, 11) is 1.31. The first-order valence-electron chi connectivity index (χ1n) is 4.18. The van der Waals surface area contributed by atoms with Crippen LogP contribution in [0.2, 0.25) is 0 Å². The Morgan fingerprint density at radius 3 is 3.07 bits per heavy atom. The number of rotatable bonds is 4. The molecule has 1 aromatic heterocycles. The summed E-state index contributed by atoms with van der Waals surface area (Å²) < 4.78 is 9.68. The van der Waals surface area contributed by atoms with Crippen LogP contribution in [-0.2, 0) is 4.74 Å². The predicted octanol–water partition coefficient (Wildman–Crippen LogP) is 2.71. The van der Waals surface area contributed by atoms with Crippen LogP contribution in [-0.4, -0.2) is 19.0 Å². The molecular weight excluding hydrogens is 204 g/mol. The second kappa shape index (κ2) is 5.50. The molecule has 1 rings (SSSR count). The van der Waals surface area contributed by atoms with E-state index in [9.17, 15) is 4.79 Å². The number of hydrogen-bond donors (Lipinski definition) is 0. The molecule has 4 heteroatoms. The van der Waals surface area contributed by atoms with Crippen molar-refractivity contribution in [2.75, 3.05) is 13.0 Å². The summed E-state index contributed by atoms with van der Waals surface area (Å²) in [6.07, 6.45) is 4.43. The number of ether oxygens (including phenoxy) is 1. The summed E-state index contributed by atoms with van der Waals surface area (Å²) in [6, 6.07) is 3.28. The van der Waals surface area contributed by atoms with E-state index in [0.717, 1.165) is 6.42 Å². The quantitative estimate of drug-likeness (QED) is 0.572. The molecule has 1 aromatic rings. The van der Waals surface area contributed by atoms with E-state index < -0.39 is 5.97 Å². The number of alkyl halides is 1. The molecule has 3 nitrogen and oxygen atoms in total. The van der Waals surface area contributed by atoms with Gasteiger partial charge in [-0.25, -0.2) is 4.79 Å². The van der Waals surface area contributed by atoms with Crippen molar-refractivity contribution < 1.29 is 13.9 Å². The molecule has 0 aliphatic heterocycles. The number of allylic oxidation sites excluding steroid dienone is 1. The van der Waals surface area contributed by atoms with Gasteiger partial charge in [-0.15, -0.1) is 11.6 Å². The zero-order chi connectivity index (χ0) is 10.4. The lowest BCUT2D eigenvalue weighted by Crippen LogP contribution is -1.98. The lowest BCUT2D eigenvalue weighted by atomic mass is 10.3. The molecule has 0 atom stereocenters. The van der Waals surface area contributed by atoms with E-state index in [1.165, 1.54) is 7.11 Å². The Balaban J connectivity index is 2.63. The maximum Gasteiger partial charge on any atom is 0.373 e. The maximum atomic E-state index is 11.0. The number of halogens is 1. The summed E-state index contributed by atoms with van der Waals surface area (Å²) in [5.74, 6) is 0.927. The van der Waals surface area contributed by atoms with Gasteiger partial charge in [0.2, 0.25) is 5.76 Å². The van der Waals surface area contributed by atoms with Gasteiger partial charge in [-0.05, 0) is 24.6 Å². The Kier molecular flexibility index (Phi) is 4.26. The lowest BCUT2D eigenvalue weighted by molar-refractivity contribution is 0.0564. The van der Waals surface area contributed by atoms with Gasteiger partial charge in [-0.1, -0.05) is 6.08 Å². The highest BCUT2D eigenvalue weighted by molar-refractivity contribution is 6.17. The van der Waals surface area contributed by atoms with Gasteiger partial charge in [-0.3, -0.25) is 0 Å². The van der Waals surface area contributed by atoms with E-state index in [2.05, 4.69) is 4.74 Å². The molecular formula is C10H11ClO3. The number of methoxy groups -OCH3 is 1. The molecule has 0 saturated heterocycles. The Hall–Kier alpha value is -1.22. The van der Waals surface area contributed by atoms with Gasteiger partial charge in [0.05, 0.1) is 7.11 Å². The minimum Gasteiger partial charge on any atom is -0.463 e. The molecule has 0 aromatic carbocycles. The smallest absolute Gasteiger partial charge is 0.373 e. The van der Waals surface area contributed by atoms with Crippen LogP contribution in [0.5, 0.6) is 0 Å². The van der Waals surface area contributed by atoms with E-state index in [1.807, 2.05) is 6.08 Å². The first-order valence-corrected chi connectivity index (χ1v) is 4.72. The summed E-state index contributed by atoms with van der Waals surface area (Å²) in [4.78, 5) is 11.0. The molecule has 76 valence electrons. The maximum absolute atomic E-state index is 11.0. The average molecular weight is 215 g/mol. The fraction of sp³-hybridized carbons (Fsp3) is 0.300. The Labute approximate surface area is 87.3 Å². The van der Waals surface area contributed by atoms with Crippen molar-refractivity contribution in [3.05, 3.63) is 29.7 Å². The summed E-state index contributed by atoms with van der Waals surface area (Å²) in [5.41, 5.74) is 0. The summed E-state index contributed by atoms with van der Waals surface area (Å²) in [6.45, 7) is 0. The standard InChI is InChI=1S/C10H11ClO3/c1-13-10(12)9-6-5-8(14-9)4-2-3-7-11/h2,4-6H,3,7H2,1H3. The van der Waals surface area contributed by atoms with Crippen LogP contribution in [0.4, 0.5) is 0 Å². The minimum absolute atomic E-state index is 0.207. The third-order valence-corrected chi connectivity index (χ3v) is 1.79. The second-order valence-corrected chi connectivity index (χ2v) is 2.95. The number of furan rings is 1. The summed E-state index contributed by atoms with van der Waals surface area (Å²) >= 11 is 5.49. The molecule has 0 spiro atoms. The highest BCUT2D eigenvalue weighted by atomic mass is 35.5. The average Bonchev–Trinajstić information content (AvgIpc) is 2.66. The Bertz CT molecular complexity index is 328. The van der Waals surface area contributed by atoms with Crippen molar-refractivity contribution >= 4 is 23.6 Å². The van der Waals surface area contributed by atoms with Crippen molar-refractivity contribution in [2.45, 2.75) is 6.42 Å². The number of esters is 1. The second-order valence-electron chi connectivity index (χ2n) is 2.57. The van der Waals surface area contributed by atoms with E-state index in [0.29, 0.717) is 11.6 Å². The first kappa shape index (κ1) is 10.9. The van der Waals surface area contributed by atoms with E-state index in [-0.39, 0.29) is 5.76 Å². The molecule has 14 heavy (non-hydrogen) atoms. The molecule has 1 heterocycles. The molecule has 0 bridgehead atoms. The van der Waals surface area contributed by atoms with Crippen LogP contribution >= 0.6 is 11.6 Å². The van der Waals surface area contributed by atoms with Crippen molar-refractivity contribution in [1.29, 1.82) is 0 Å². The molecule has 0 unspecified atom stereocenters. The van der Waals surface area contributed by atoms with E-state index >= 15 is 0 Å². The van der Waals surface area contributed by atoms with Gasteiger partial charge >= 0.3 is 5.97 Å². The number of carbonyl (C=O) groups is 1. The monoisotopic (exact) mass is 214 g/mol. The number of hydrogen-bond acceptors (Lipinski definition) is 3. The molecule has 0 fully saturated rings. The van der Waals surface area contributed by atoms with Gasteiger partial charge in [0.25, 0.3) is 0 Å². The fourth-order valence-corrected chi connectivity index (χ4v) is 1.04.